The van der Waals surface area contributed by atoms with Gasteiger partial charge < -0.3 is 5.73 Å². The Morgan fingerprint density at radius 1 is 1.16 bits per heavy atom. The number of halogens is 1. The van der Waals surface area contributed by atoms with Gasteiger partial charge >= 0.3 is 0 Å². The van der Waals surface area contributed by atoms with Crippen molar-refractivity contribution < 1.29 is 0 Å². The Morgan fingerprint density at radius 3 is 2.53 bits per heavy atom. The van der Waals surface area contributed by atoms with Crippen molar-refractivity contribution >= 4 is 11.6 Å². The van der Waals surface area contributed by atoms with Gasteiger partial charge in [0.05, 0.1) is 0 Å². The third kappa shape index (κ3) is 3.14. The number of benzene rings is 1. The molecule has 0 heterocycles. The third-order valence-electron chi connectivity index (χ3n) is 5.29. The summed E-state index contributed by atoms with van der Waals surface area (Å²) in [6.07, 6.45) is 8.39. The molecule has 2 bridgehead atoms. The molecule has 0 saturated heterocycles. The molecule has 2 saturated carbocycles. The van der Waals surface area contributed by atoms with E-state index in [1.165, 1.54) is 37.7 Å². The van der Waals surface area contributed by atoms with Crippen LogP contribution in [0.2, 0.25) is 5.02 Å². The van der Waals surface area contributed by atoms with Crippen LogP contribution in [0.1, 0.15) is 37.7 Å². The zero-order valence-corrected chi connectivity index (χ0v) is 12.3. The molecule has 2 heteroatoms. The summed E-state index contributed by atoms with van der Waals surface area (Å²) in [4.78, 5) is 0. The summed E-state index contributed by atoms with van der Waals surface area (Å²) < 4.78 is 0. The average Bonchev–Trinajstić information content (AvgIpc) is 3.03. The van der Waals surface area contributed by atoms with E-state index in [0.717, 1.165) is 35.7 Å². The molecule has 0 aliphatic heterocycles. The molecule has 0 spiro atoms. The molecule has 3 rings (SSSR count). The summed E-state index contributed by atoms with van der Waals surface area (Å²) >= 11 is 5.94. The normalized spacial score (nSPS) is 30.7. The molecule has 2 aliphatic rings. The van der Waals surface area contributed by atoms with Crippen molar-refractivity contribution in [2.75, 3.05) is 6.54 Å². The predicted molar refractivity (Wildman–Crippen MR) is 81.3 cm³/mol. The van der Waals surface area contributed by atoms with Gasteiger partial charge in [-0.1, -0.05) is 30.2 Å². The lowest BCUT2D eigenvalue weighted by atomic mass is 9.80. The van der Waals surface area contributed by atoms with Crippen LogP contribution in [0.15, 0.2) is 24.3 Å². The van der Waals surface area contributed by atoms with E-state index in [4.69, 9.17) is 17.3 Å². The van der Waals surface area contributed by atoms with Gasteiger partial charge in [-0.2, -0.15) is 0 Å². The molecule has 2 N–H and O–H groups in total. The highest BCUT2D eigenvalue weighted by molar-refractivity contribution is 6.30. The van der Waals surface area contributed by atoms with Gasteiger partial charge in [-0.25, -0.2) is 0 Å². The van der Waals surface area contributed by atoms with Crippen molar-refractivity contribution in [2.45, 2.75) is 38.5 Å². The number of fused-ring (bicyclic) bond motifs is 2. The van der Waals surface area contributed by atoms with E-state index >= 15 is 0 Å². The summed E-state index contributed by atoms with van der Waals surface area (Å²) in [5.74, 6) is 3.67. The van der Waals surface area contributed by atoms with E-state index in [0.29, 0.717) is 5.92 Å². The number of nitrogens with two attached hydrogens (primary N) is 1. The molecule has 0 radical (unpaired) electrons. The summed E-state index contributed by atoms with van der Waals surface area (Å²) in [6.45, 7) is 0.816. The Balaban J connectivity index is 1.57. The lowest BCUT2D eigenvalue weighted by Crippen LogP contribution is -2.23. The van der Waals surface area contributed by atoms with Crippen LogP contribution < -0.4 is 5.73 Å². The highest BCUT2D eigenvalue weighted by Crippen LogP contribution is 2.50. The van der Waals surface area contributed by atoms with Crippen LogP contribution in [0, 0.1) is 23.7 Å². The molecule has 104 valence electrons. The van der Waals surface area contributed by atoms with Crippen molar-refractivity contribution in [3.05, 3.63) is 34.9 Å². The summed E-state index contributed by atoms with van der Waals surface area (Å²) in [5, 5.41) is 0.821. The van der Waals surface area contributed by atoms with Crippen LogP contribution in [0.25, 0.3) is 0 Å². The van der Waals surface area contributed by atoms with Gasteiger partial charge in [-0.3, -0.25) is 0 Å². The molecule has 1 nitrogen and oxygen atoms in total. The SMILES string of the molecule is NCC(Cc1ccc(Cl)cc1)CC1CC2CCC1C2. The van der Waals surface area contributed by atoms with Crippen molar-refractivity contribution in [1.82, 2.24) is 0 Å². The standard InChI is InChI=1S/C17H24ClN/c18-17-5-2-12(3-6-17)7-14(11-19)10-16-9-13-1-4-15(16)8-13/h2-3,5-6,13-16H,1,4,7-11,19H2. The van der Waals surface area contributed by atoms with E-state index in [1.807, 2.05) is 12.1 Å². The van der Waals surface area contributed by atoms with Crippen molar-refractivity contribution in [3.63, 3.8) is 0 Å². The van der Waals surface area contributed by atoms with Gasteiger partial charge in [0, 0.05) is 5.02 Å². The Kier molecular flexibility index (Phi) is 4.14. The highest BCUT2D eigenvalue weighted by Gasteiger charge is 2.39. The maximum absolute atomic E-state index is 6.00. The van der Waals surface area contributed by atoms with Gasteiger partial charge in [0.2, 0.25) is 0 Å². The van der Waals surface area contributed by atoms with Crippen molar-refractivity contribution in [3.8, 4) is 0 Å². The molecule has 4 unspecified atom stereocenters. The van der Waals surface area contributed by atoms with E-state index in [-0.39, 0.29) is 0 Å². The fourth-order valence-electron chi connectivity index (χ4n) is 4.31. The quantitative estimate of drug-likeness (QED) is 0.854. The number of rotatable bonds is 5. The average molecular weight is 278 g/mol. The summed E-state index contributed by atoms with van der Waals surface area (Å²) in [5.41, 5.74) is 7.38. The fourth-order valence-corrected chi connectivity index (χ4v) is 4.44. The second-order valence-corrected chi connectivity index (χ2v) is 7.04. The second kappa shape index (κ2) is 5.85. The number of hydrogen-bond donors (Lipinski definition) is 1. The molecular weight excluding hydrogens is 254 g/mol. The van der Waals surface area contributed by atoms with E-state index < -0.39 is 0 Å². The summed E-state index contributed by atoms with van der Waals surface area (Å²) in [7, 11) is 0. The minimum absolute atomic E-state index is 0.644. The number of hydrogen-bond acceptors (Lipinski definition) is 1. The van der Waals surface area contributed by atoms with Crippen LogP contribution in [0.3, 0.4) is 0 Å². The van der Waals surface area contributed by atoms with Crippen LogP contribution in [0.5, 0.6) is 0 Å². The van der Waals surface area contributed by atoms with E-state index in [9.17, 15) is 0 Å². The van der Waals surface area contributed by atoms with Crippen LogP contribution in [0.4, 0.5) is 0 Å². The monoisotopic (exact) mass is 277 g/mol. The maximum Gasteiger partial charge on any atom is 0.0406 e. The highest BCUT2D eigenvalue weighted by atomic mass is 35.5. The molecule has 2 fully saturated rings. The minimum Gasteiger partial charge on any atom is -0.330 e. The smallest absolute Gasteiger partial charge is 0.0406 e. The lowest BCUT2D eigenvalue weighted by Gasteiger charge is -2.26. The van der Waals surface area contributed by atoms with Crippen molar-refractivity contribution in [2.24, 2.45) is 29.4 Å². The lowest BCUT2D eigenvalue weighted by molar-refractivity contribution is 0.268. The molecule has 0 amide bonds. The Labute approximate surface area is 121 Å². The van der Waals surface area contributed by atoms with Gasteiger partial charge in [0.25, 0.3) is 0 Å². The molecule has 19 heavy (non-hydrogen) atoms. The molecule has 1 aromatic carbocycles. The van der Waals surface area contributed by atoms with Crippen molar-refractivity contribution in [1.29, 1.82) is 0 Å². The Morgan fingerprint density at radius 2 is 1.95 bits per heavy atom. The Hall–Kier alpha value is -0.530. The molecule has 1 aromatic rings. The first-order chi connectivity index (χ1) is 9.24. The van der Waals surface area contributed by atoms with Gasteiger partial charge in [0.15, 0.2) is 0 Å². The first-order valence-electron chi connectivity index (χ1n) is 7.69. The maximum atomic E-state index is 6.00. The van der Waals surface area contributed by atoms with Gasteiger partial charge in [0.1, 0.15) is 0 Å². The van der Waals surface area contributed by atoms with Gasteiger partial charge in [-0.15, -0.1) is 0 Å². The van der Waals surface area contributed by atoms with Crippen LogP contribution >= 0.6 is 11.6 Å². The topological polar surface area (TPSA) is 26.0 Å². The molecule has 2 aliphatic carbocycles. The molecule has 0 aromatic heterocycles. The van der Waals surface area contributed by atoms with E-state index in [1.54, 1.807) is 0 Å². The van der Waals surface area contributed by atoms with Gasteiger partial charge in [-0.05, 0) is 80.0 Å². The first-order valence-corrected chi connectivity index (χ1v) is 8.07. The predicted octanol–water partition coefficient (Wildman–Crippen LogP) is 4.28. The largest absolute Gasteiger partial charge is 0.330 e. The summed E-state index contributed by atoms with van der Waals surface area (Å²) in [6, 6.07) is 8.27. The van der Waals surface area contributed by atoms with E-state index in [2.05, 4.69) is 12.1 Å². The zero-order chi connectivity index (χ0) is 13.2. The minimum atomic E-state index is 0.644. The Bertz CT molecular complexity index is 414. The second-order valence-electron chi connectivity index (χ2n) is 6.60. The third-order valence-corrected chi connectivity index (χ3v) is 5.54. The fraction of sp³-hybridized carbons (Fsp3) is 0.647. The molecule has 4 atom stereocenters. The molecular formula is C17H24ClN. The zero-order valence-electron chi connectivity index (χ0n) is 11.5. The van der Waals surface area contributed by atoms with Crippen LogP contribution in [-0.2, 0) is 6.42 Å². The van der Waals surface area contributed by atoms with Crippen LogP contribution in [-0.4, -0.2) is 6.54 Å². The first kappa shape index (κ1) is 13.5.